The molecule has 62 heavy (non-hydrogen) atoms. The minimum Gasteiger partial charge on any atom is -0.744 e. The first-order valence-corrected chi connectivity index (χ1v) is 22.7. The maximum Gasteiger partial charge on any atom is 0.267 e. The van der Waals surface area contributed by atoms with Crippen LogP contribution in [0.4, 0.5) is 28.4 Å². The lowest BCUT2D eigenvalue weighted by Crippen LogP contribution is -2.55. The highest BCUT2D eigenvalue weighted by Crippen LogP contribution is 2.45. The molecule has 306 valence electrons. The molecule has 10 nitrogen and oxygen atoms in total. The number of anilines is 5. The number of nitrogens with zero attached hydrogens (tertiary/aromatic N) is 6. The topological polar surface area (TPSA) is 89.5 Å². The van der Waals surface area contributed by atoms with E-state index < -0.39 is 10.1 Å². The van der Waals surface area contributed by atoms with Crippen molar-refractivity contribution in [3.05, 3.63) is 185 Å². The molecule has 1 aliphatic carbocycles. The van der Waals surface area contributed by atoms with Gasteiger partial charge in [-0.3, -0.25) is 10.0 Å². The molecule has 5 aliphatic heterocycles. The Kier molecular flexibility index (Phi) is 8.45. The summed E-state index contributed by atoms with van der Waals surface area (Å²) in [6.07, 6.45) is 3.66. The molecular formula is C51H42N6O4S. The number of para-hydroxylation sites is 4. The molecule has 6 aromatic carbocycles. The van der Waals surface area contributed by atoms with Crippen LogP contribution in [0, 0.1) is 0 Å². The molecule has 0 spiro atoms. The van der Waals surface area contributed by atoms with E-state index in [0.29, 0.717) is 33.4 Å². The van der Waals surface area contributed by atoms with Gasteiger partial charge in [0.15, 0.2) is 0 Å². The van der Waals surface area contributed by atoms with Crippen LogP contribution in [0.1, 0.15) is 22.3 Å². The van der Waals surface area contributed by atoms with Crippen molar-refractivity contribution < 1.29 is 17.4 Å². The number of fused-ring (bicyclic) bond motifs is 6. The van der Waals surface area contributed by atoms with Crippen molar-refractivity contribution in [2.45, 2.75) is 30.6 Å². The van der Waals surface area contributed by atoms with Crippen LogP contribution in [0.5, 0.6) is 0 Å². The van der Waals surface area contributed by atoms with E-state index >= 15 is 0 Å². The molecule has 0 saturated carbocycles. The van der Waals surface area contributed by atoms with Gasteiger partial charge in [-0.05, 0) is 96.5 Å². The molecular weight excluding hydrogens is 793 g/mol. The van der Waals surface area contributed by atoms with Gasteiger partial charge in [-0.15, -0.1) is 10.0 Å². The van der Waals surface area contributed by atoms with Crippen molar-refractivity contribution in [1.82, 2.24) is 4.79 Å². The zero-order valence-electron chi connectivity index (χ0n) is 33.9. The van der Waals surface area contributed by atoms with E-state index in [1.54, 1.807) is 18.2 Å². The smallest absolute Gasteiger partial charge is 0.267 e. The maximum absolute atomic E-state index is 13.0. The van der Waals surface area contributed by atoms with Crippen LogP contribution in [0.15, 0.2) is 167 Å². The van der Waals surface area contributed by atoms with Gasteiger partial charge in [0.25, 0.3) is 5.36 Å². The van der Waals surface area contributed by atoms with Gasteiger partial charge in [0.05, 0.1) is 41.1 Å². The number of rotatable bonds is 7. The normalized spacial score (nSPS) is 15.3. The second kappa shape index (κ2) is 14.3. The lowest BCUT2D eigenvalue weighted by Gasteiger charge is -2.42. The zero-order valence-corrected chi connectivity index (χ0v) is 34.7. The second-order valence-electron chi connectivity index (χ2n) is 16.4. The minimum atomic E-state index is -4.84. The third-order valence-electron chi connectivity index (χ3n) is 12.9. The highest BCUT2D eigenvalue weighted by Gasteiger charge is 2.38. The van der Waals surface area contributed by atoms with Gasteiger partial charge in [0, 0.05) is 52.1 Å². The lowest BCUT2D eigenvalue weighted by molar-refractivity contribution is 0.463. The molecule has 0 bridgehead atoms. The molecule has 0 unspecified atom stereocenters. The first-order valence-electron chi connectivity index (χ1n) is 21.3. The SMILES string of the molecule is O=S(=O)([O-])c1ccccc1-c1c2ccc(=[N+](N3CCc4ccccc43)N3CCc4ccccc43)cc-2oc2cc(N(N3CCc4ccccc43)N3CCc4ccccc43)ccc12. The molecule has 0 fully saturated rings. The summed E-state index contributed by atoms with van der Waals surface area (Å²) in [7, 11) is -4.84. The van der Waals surface area contributed by atoms with Gasteiger partial charge in [0.2, 0.25) is 0 Å². The van der Waals surface area contributed by atoms with Gasteiger partial charge in [-0.1, -0.05) is 91.0 Å². The fourth-order valence-corrected chi connectivity index (χ4v) is 10.9. The average Bonchev–Trinajstić information content (AvgIpc) is 4.12. The summed E-state index contributed by atoms with van der Waals surface area (Å²) in [6.45, 7) is 3.18. The fraction of sp³-hybridized carbons (Fsp3) is 0.157. The van der Waals surface area contributed by atoms with Gasteiger partial charge in [-0.2, -0.15) is 5.12 Å². The highest BCUT2D eigenvalue weighted by atomic mass is 32.2. The predicted molar refractivity (Wildman–Crippen MR) is 244 cm³/mol. The molecule has 12 rings (SSSR count). The third-order valence-corrected chi connectivity index (χ3v) is 13.8. The van der Waals surface area contributed by atoms with Crippen molar-refractivity contribution in [2.24, 2.45) is 0 Å². The Morgan fingerprint density at radius 1 is 0.532 bits per heavy atom. The number of benzene rings is 7. The maximum atomic E-state index is 13.0. The molecule has 0 amide bonds. The summed E-state index contributed by atoms with van der Waals surface area (Å²) >= 11 is 0. The molecule has 0 N–H and O–H groups in total. The molecule has 6 aromatic rings. The van der Waals surface area contributed by atoms with Gasteiger partial charge in [-0.25, -0.2) is 8.42 Å². The molecule has 6 aliphatic rings. The summed E-state index contributed by atoms with van der Waals surface area (Å²) in [5.74, 6) is 0.565. The summed E-state index contributed by atoms with van der Waals surface area (Å²) in [6, 6.07) is 53.1. The summed E-state index contributed by atoms with van der Waals surface area (Å²) in [4.78, 5) is 2.01. The Balaban J connectivity index is 1.12. The number of hydrogen-bond acceptors (Lipinski definition) is 9. The van der Waals surface area contributed by atoms with E-state index in [0.717, 1.165) is 85.7 Å². The van der Waals surface area contributed by atoms with Crippen molar-refractivity contribution in [3.63, 3.8) is 0 Å². The Morgan fingerprint density at radius 2 is 1.05 bits per heavy atom. The molecule has 0 atom stereocenters. The largest absolute Gasteiger partial charge is 0.744 e. The van der Waals surface area contributed by atoms with Crippen LogP contribution in [0.2, 0.25) is 0 Å². The first kappa shape index (κ1) is 36.7. The Bertz CT molecular complexity index is 3140. The Morgan fingerprint density at radius 3 is 1.65 bits per heavy atom. The van der Waals surface area contributed by atoms with Crippen LogP contribution in [-0.2, 0) is 35.8 Å². The molecule has 5 heterocycles. The van der Waals surface area contributed by atoms with E-state index in [9.17, 15) is 13.0 Å². The van der Waals surface area contributed by atoms with Crippen molar-refractivity contribution in [3.8, 4) is 22.5 Å². The van der Waals surface area contributed by atoms with E-state index in [1.807, 2.05) is 12.1 Å². The van der Waals surface area contributed by atoms with Crippen LogP contribution in [0.25, 0.3) is 33.4 Å². The lowest BCUT2D eigenvalue weighted by atomic mass is 9.93. The van der Waals surface area contributed by atoms with E-state index in [1.165, 1.54) is 28.3 Å². The van der Waals surface area contributed by atoms with Crippen LogP contribution >= 0.6 is 0 Å². The highest BCUT2D eigenvalue weighted by molar-refractivity contribution is 7.85. The summed E-state index contributed by atoms with van der Waals surface area (Å²) in [5.41, 5.74) is 12.9. The number of hydrazine groups is 4. The van der Waals surface area contributed by atoms with Gasteiger partial charge < -0.3 is 8.97 Å². The molecule has 11 heteroatoms. The average molecular weight is 835 g/mol. The van der Waals surface area contributed by atoms with Gasteiger partial charge in [0.1, 0.15) is 32.8 Å². The minimum absolute atomic E-state index is 0.269. The summed E-state index contributed by atoms with van der Waals surface area (Å²) in [5, 5.41) is 13.3. The molecule has 0 aromatic heterocycles. The molecule has 0 saturated heterocycles. The Labute approximate surface area is 360 Å². The van der Waals surface area contributed by atoms with Crippen molar-refractivity contribution >= 4 is 49.5 Å². The van der Waals surface area contributed by atoms with E-state index in [2.05, 4.69) is 151 Å². The first-order chi connectivity index (χ1) is 30.4. The van der Waals surface area contributed by atoms with Crippen LogP contribution in [-0.4, -0.2) is 39.1 Å². The fourth-order valence-electron chi connectivity index (χ4n) is 10.2. The van der Waals surface area contributed by atoms with E-state index in [-0.39, 0.29) is 4.90 Å². The van der Waals surface area contributed by atoms with Gasteiger partial charge >= 0.3 is 0 Å². The third kappa shape index (κ3) is 5.87. The second-order valence-corrected chi connectivity index (χ2v) is 17.7. The van der Waals surface area contributed by atoms with Crippen LogP contribution in [0.3, 0.4) is 0 Å². The quantitative estimate of drug-likeness (QED) is 0.0890. The standard InChI is InChI=1S/C51H42N6O4S/c58-62(59,60)50-20-10-5-15-43(50)51-41-23-21-39(56(52-29-25-35-11-1-6-16-44(35)52)53-30-26-36-12-2-7-17-45(36)53)33-48(41)61-49-34-40(22-24-42(49)51)57(54-31-27-37-13-3-8-18-46(37)54)55-32-28-38-14-4-9-19-47(38)55/h1-24,33-34H,25-32H2. The summed E-state index contributed by atoms with van der Waals surface area (Å²) < 4.78 is 46.0. The monoisotopic (exact) mass is 834 g/mol. The van der Waals surface area contributed by atoms with E-state index in [4.69, 9.17) is 4.42 Å². The molecule has 0 radical (unpaired) electrons. The van der Waals surface area contributed by atoms with Crippen molar-refractivity contribution in [2.75, 3.05) is 51.3 Å². The van der Waals surface area contributed by atoms with Crippen molar-refractivity contribution in [1.29, 1.82) is 0 Å². The van der Waals surface area contributed by atoms with Crippen LogP contribution < -0.4 is 35.3 Å². The predicted octanol–water partition coefficient (Wildman–Crippen LogP) is 8.60. The zero-order chi connectivity index (χ0) is 41.5. The Hall–Kier alpha value is -7.08. The number of hydrogen-bond donors (Lipinski definition) is 0.